The average Bonchev–Trinajstić information content (AvgIpc) is 2.46. The summed E-state index contributed by atoms with van der Waals surface area (Å²) in [6.45, 7) is -0.257. The number of nitrogens with zero attached hydrogens (tertiary/aromatic N) is 3. The molecule has 0 spiro atoms. The number of alkyl halides is 1. The Bertz CT molecular complexity index is 513. The molecule has 1 aliphatic rings. The van der Waals surface area contributed by atoms with Crippen LogP contribution in [0, 0.1) is 0 Å². The van der Waals surface area contributed by atoms with E-state index in [-0.39, 0.29) is 6.42 Å². The minimum atomic E-state index is -0.609. The number of fused-ring (bicyclic) bond motifs is 1. The minimum absolute atomic E-state index is 0.167. The van der Waals surface area contributed by atoms with Gasteiger partial charge >= 0.3 is 11.4 Å². The highest BCUT2D eigenvalue weighted by Gasteiger charge is 2.20. The molecule has 15 heavy (non-hydrogen) atoms. The summed E-state index contributed by atoms with van der Waals surface area (Å²) in [5.74, 6) is 0. The van der Waals surface area contributed by atoms with Crippen LogP contribution in [0.15, 0.2) is 21.7 Å². The summed E-state index contributed by atoms with van der Waals surface area (Å²) in [6, 6.07) is -0.422. The fraction of sp³-hybridized carbons (Fsp3) is 0.500. The Morgan fingerprint density at radius 3 is 2.87 bits per heavy atom. The lowest BCUT2D eigenvalue weighted by atomic mass is 10.2. The van der Waals surface area contributed by atoms with Gasteiger partial charge in [0, 0.05) is 6.42 Å². The fourth-order valence-corrected chi connectivity index (χ4v) is 1.73. The third kappa shape index (κ3) is 1.38. The number of allylic oxidation sites excluding steroid dienone is 2. The quantitative estimate of drug-likeness (QED) is 0.473. The van der Waals surface area contributed by atoms with Gasteiger partial charge < -0.3 is 4.48 Å². The van der Waals surface area contributed by atoms with Crippen molar-refractivity contribution >= 4 is 7.98 Å². The van der Waals surface area contributed by atoms with Gasteiger partial charge in [-0.2, -0.15) is 0 Å². The molecule has 0 aromatic carbocycles. The third-order valence-electron chi connectivity index (χ3n) is 2.44. The number of hydrogen-bond donors (Lipinski definition) is 0. The van der Waals surface area contributed by atoms with Gasteiger partial charge in [0.1, 0.15) is 0 Å². The SMILES string of the molecule is [B]n1c(=O)n2n(c1=O)C(CCF)C=CC2. The van der Waals surface area contributed by atoms with Crippen molar-refractivity contribution in [2.24, 2.45) is 0 Å². The molecule has 1 atom stereocenters. The number of hydrogen-bond acceptors (Lipinski definition) is 2. The van der Waals surface area contributed by atoms with E-state index >= 15 is 0 Å². The first-order chi connectivity index (χ1) is 7.16. The zero-order valence-electron chi connectivity index (χ0n) is 7.97. The zero-order valence-corrected chi connectivity index (χ0v) is 7.97. The Kier molecular flexibility index (Phi) is 2.38. The van der Waals surface area contributed by atoms with Gasteiger partial charge in [-0.25, -0.2) is 19.0 Å². The molecule has 78 valence electrons. The molecule has 5 nitrogen and oxygen atoms in total. The second-order valence-electron chi connectivity index (χ2n) is 3.33. The first-order valence-electron chi connectivity index (χ1n) is 4.59. The van der Waals surface area contributed by atoms with Crippen molar-refractivity contribution < 1.29 is 4.39 Å². The number of aromatic nitrogens is 3. The van der Waals surface area contributed by atoms with Crippen LogP contribution in [0.5, 0.6) is 0 Å². The van der Waals surface area contributed by atoms with E-state index in [9.17, 15) is 14.0 Å². The Morgan fingerprint density at radius 1 is 1.47 bits per heavy atom. The normalized spacial score (nSPS) is 19.1. The molecular formula is C8H9BFN3O2. The van der Waals surface area contributed by atoms with Crippen molar-refractivity contribution in [3.63, 3.8) is 0 Å². The van der Waals surface area contributed by atoms with E-state index in [1.54, 1.807) is 12.2 Å². The van der Waals surface area contributed by atoms with Gasteiger partial charge in [-0.1, -0.05) is 12.2 Å². The highest BCUT2D eigenvalue weighted by molar-refractivity contribution is 6.06. The second-order valence-corrected chi connectivity index (χ2v) is 3.33. The highest BCUT2D eigenvalue weighted by atomic mass is 19.1. The first-order valence-corrected chi connectivity index (χ1v) is 4.59. The standard InChI is InChI=1S/C8H9BFN3O2/c9-12-7(14)11-5-1-2-6(3-4-10)13(11)8(12)15/h1-2,6H,3-5H2. The van der Waals surface area contributed by atoms with Crippen LogP contribution in [0.25, 0.3) is 0 Å². The van der Waals surface area contributed by atoms with Crippen LogP contribution in [0.1, 0.15) is 12.5 Å². The Morgan fingerprint density at radius 2 is 2.20 bits per heavy atom. The zero-order chi connectivity index (χ0) is 11.0. The van der Waals surface area contributed by atoms with Crippen LogP contribution < -0.4 is 11.4 Å². The lowest BCUT2D eigenvalue weighted by Crippen LogP contribution is -2.32. The first kappa shape index (κ1) is 10.0. The molecular weight excluding hydrogens is 200 g/mol. The maximum atomic E-state index is 12.2. The summed E-state index contributed by atoms with van der Waals surface area (Å²) in [4.78, 5) is 23.0. The Hall–Kier alpha value is -1.53. The minimum Gasteiger partial charge on any atom is -0.302 e. The highest BCUT2D eigenvalue weighted by Crippen LogP contribution is 2.14. The van der Waals surface area contributed by atoms with Crippen LogP contribution in [0.3, 0.4) is 0 Å². The molecule has 1 unspecified atom stereocenters. The van der Waals surface area contributed by atoms with Crippen molar-refractivity contribution in [1.29, 1.82) is 0 Å². The van der Waals surface area contributed by atoms with Crippen LogP contribution in [0.4, 0.5) is 4.39 Å². The molecule has 1 aliphatic heterocycles. The van der Waals surface area contributed by atoms with E-state index < -0.39 is 24.1 Å². The van der Waals surface area contributed by atoms with E-state index in [1.165, 1.54) is 9.36 Å². The third-order valence-corrected chi connectivity index (χ3v) is 2.44. The predicted octanol–water partition coefficient (Wildman–Crippen LogP) is -0.786. The van der Waals surface area contributed by atoms with E-state index in [4.69, 9.17) is 7.98 Å². The van der Waals surface area contributed by atoms with Gasteiger partial charge in [0.2, 0.25) is 7.98 Å². The van der Waals surface area contributed by atoms with E-state index in [0.29, 0.717) is 11.0 Å². The summed E-state index contributed by atoms with van der Waals surface area (Å²) in [7, 11) is 5.27. The fourth-order valence-electron chi connectivity index (χ4n) is 1.73. The molecule has 0 bridgehead atoms. The molecule has 0 saturated heterocycles. The maximum absolute atomic E-state index is 12.2. The van der Waals surface area contributed by atoms with Crippen LogP contribution >= 0.6 is 0 Å². The smallest absolute Gasteiger partial charge is 0.302 e. The lowest BCUT2D eigenvalue weighted by molar-refractivity contribution is 0.345. The van der Waals surface area contributed by atoms with Gasteiger partial charge in [0.25, 0.3) is 0 Å². The molecule has 0 saturated carbocycles. The number of rotatable bonds is 2. The van der Waals surface area contributed by atoms with Crippen molar-refractivity contribution in [2.75, 3.05) is 6.67 Å². The summed E-state index contributed by atoms with van der Waals surface area (Å²) in [5, 5.41) is 0. The van der Waals surface area contributed by atoms with Crippen LogP contribution in [-0.4, -0.2) is 28.5 Å². The molecule has 0 fully saturated rings. The van der Waals surface area contributed by atoms with Gasteiger partial charge in [-0.3, -0.25) is 4.39 Å². The average molecular weight is 209 g/mol. The molecule has 7 heteroatoms. The molecule has 1 aromatic rings. The molecule has 0 N–H and O–H groups in total. The Labute approximate surface area is 85.8 Å². The van der Waals surface area contributed by atoms with Gasteiger partial charge in [-0.15, -0.1) is 0 Å². The topological polar surface area (TPSA) is 48.9 Å². The van der Waals surface area contributed by atoms with Crippen molar-refractivity contribution in [2.45, 2.75) is 19.0 Å². The molecule has 1 aromatic heterocycles. The molecule has 0 aliphatic carbocycles. The summed E-state index contributed by atoms with van der Waals surface area (Å²) < 4.78 is 15.2. The van der Waals surface area contributed by atoms with Crippen molar-refractivity contribution in [3.05, 3.63) is 33.1 Å². The summed E-state index contributed by atoms with van der Waals surface area (Å²) >= 11 is 0. The summed E-state index contributed by atoms with van der Waals surface area (Å²) in [5.41, 5.74) is -1.18. The second kappa shape index (κ2) is 3.56. The van der Waals surface area contributed by atoms with Gasteiger partial charge in [0.15, 0.2) is 0 Å². The Balaban J connectivity index is 2.60. The predicted molar refractivity (Wildman–Crippen MR) is 52.9 cm³/mol. The van der Waals surface area contributed by atoms with Gasteiger partial charge in [-0.05, 0) is 0 Å². The molecule has 0 amide bonds. The monoisotopic (exact) mass is 209 g/mol. The summed E-state index contributed by atoms with van der Waals surface area (Å²) in [6.07, 6.45) is 3.60. The largest absolute Gasteiger partial charge is 0.334 e. The number of halogens is 1. The van der Waals surface area contributed by atoms with Crippen LogP contribution in [-0.2, 0) is 6.54 Å². The van der Waals surface area contributed by atoms with Crippen LogP contribution in [0.2, 0.25) is 0 Å². The van der Waals surface area contributed by atoms with E-state index in [2.05, 4.69) is 0 Å². The molecule has 2 radical (unpaired) electrons. The lowest BCUT2D eigenvalue weighted by Gasteiger charge is -2.19. The van der Waals surface area contributed by atoms with Crippen molar-refractivity contribution in [3.8, 4) is 0 Å². The van der Waals surface area contributed by atoms with Crippen molar-refractivity contribution in [1.82, 2.24) is 13.8 Å². The van der Waals surface area contributed by atoms with E-state index in [0.717, 1.165) is 0 Å². The van der Waals surface area contributed by atoms with E-state index in [1.807, 2.05) is 0 Å². The molecule has 2 heterocycles. The molecule has 2 rings (SSSR count). The van der Waals surface area contributed by atoms with Gasteiger partial charge in [0.05, 0.1) is 19.3 Å². The maximum Gasteiger partial charge on any atom is 0.334 e.